The zero-order chi connectivity index (χ0) is 14.1. The molecule has 106 valence electrons. The minimum Gasteiger partial charge on any atom is -0.375 e. The maximum absolute atomic E-state index is 12.8. The summed E-state index contributed by atoms with van der Waals surface area (Å²) in [5.74, 6) is -0.283. The molecule has 0 spiro atoms. The van der Waals surface area contributed by atoms with E-state index in [0.717, 1.165) is 18.5 Å². The first-order valence-corrected chi connectivity index (χ1v) is 6.37. The van der Waals surface area contributed by atoms with Gasteiger partial charge in [0.25, 0.3) is 0 Å². The fourth-order valence-corrected chi connectivity index (χ4v) is 1.74. The van der Waals surface area contributed by atoms with Crippen molar-refractivity contribution < 1.29 is 13.9 Å². The SMILES string of the molecule is CNCCCC(=O)NCC(OC)c1ccc(F)cc1. The number of methoxy groups -OCH3 is 1. The minimum atomic E-state index is -0.283. The van der Waals surface area contributed by atoms with Crippen LogP contribution in [-0.4, -0.2) is 33.2 Å². The molecular formula is C14H21FN2O2. The van der Waals surface area contributed by atoms with Gasteiger partial charge in [-0.2, -0.15) is 0 Å². The number of carbonyl (C=O) groups is 1. The molecule has 0 bridgehead atoms. The smallest absolute Gasteiger partial charge is 0.220 e. The molecule has 1 aromatic carbocycles. The first-order valence-electron chi connectivity index (χ1n) is 6.37. The Labute approximate surface area is 113 Å². The first kappa shape index (κ1) is 15.6. The van der Waals surface area contributed by atoms with Crippen LogP contribution in [0.3, 0.4) is 0 Å². The van der Waals surface area contributed by atoms with E-state index in [1.807, 2.05) is 7.05 Å². The highest BCUT2D eigenvalue weighted by molar-refractivity contribution is 5.75. The van der Waals surface area contributed by atoms with Crippen molar-refractivity contribution >= 4 is 5.91 Å². The van der Waals surface area contributed by atoms with Crippen molar-refractivity contribution in [2.24, 2.45) is 0 Å². The number of hydrogen-bond donors (Lipinski definition) is 2. The molecule has 1 unspecified atom stereocenters. The van der Waals surface area contributed by atoms with Crippen LogP contribution in [0.15, 0.2) is 24.3 Å². The van der Waals surface area contributed by atoms with Crippen LogP contribution in [-0.2, 0) is 9.53 Å². The van der Waals surface area contributed by atoms with Gasteiger partial charge in [-0.3, -0.25) is 4.79 Å². The molecule has 0 saturated carbocycles. The van der Waals surface area contributed by atoms with Gasteiger partial charge in [0.05, 0.1) is 6.10 Å². The summed E-state index contributed by atoms with van der Waals surface area (Å²) in [7, 11) is 3.43. The van der Waals surface area contributed by atoms with Crippen LogP contribution in [0.5, 0.6) is 0 Å². The number of amides is 1. The molecule has 0 saturated heterocycles. The average molecular weight is 268 g/mol. The number of rotatable bonds is 8. The van der Waals surface area contributed by atoms with E-state index in [1.165, 1.54) is 12.1 Å². The molecule has 0 aliphatic carbocycles. The van der Waals surface area contributed by atoms with Crippen molar-refractivity contribution in [3.8, 4) is 0 Å². The van der Waals surface area contributed by atoms with Gasteiger partial charge in [0, 0.05) is 20.1 Å². The van der Waals surface area contributed by atoms with Gasteiger partial charge >= 0.3 is 0 Å². The summed E-state index contributed by atoms with van der Waals surface area (Å²) in [6.07, 6.45) is 1.03. The fourth-order valence-electron chi connectivity index (χ4n) is 1.74. The predicted molar refractivity (Wildman–Crippen MR) is 72.3 cm³/mol. The fraction of sp³-hybridized carbons (Fsp3) is 0.500. The first-order chi connectivity index (χ1) is 9.17. The summed E-state index contributed by atoms with van der Waals surface area (Å²) in [5.41, 5.74) is 0.847. The Morgan fingerprint density at radius 1 is 1.37 bits per heavy atom. The van der Waals surface area contributed by atoms with Crippen LogP contribution in [0.25, 0.3) is 0 Å². The zero-order valence-electron chi connectivity index (χ0n) is 11.4. The van der Waals surface area contributed by atoms with E-state index in [4.69, 9.17) is 4.74 Å². The third-order valence-electron chi connectivity index (χ3n) is 2.84. The number of hydrogen-bond acceptors (Lipinski definition) is 3. The maximum atomic E-state index is 12.8. The molecule has 1 aromatic rings. The second kappa shape index (κ2) is 8.61. The third kappa shape index (κ3) is 5.81. The lowest BCUT2D eigenvalue weighted by molar-refractivity contribution is -0.121. The Morgan fingerprint density at radius 2 is 2.05 bits per heavy atom. The van der Waals surface area contributed by atoms with Crippen LogP contribution in [0, 0.1) is 5.82 Å². The highest BCUT2D eigenvalue weighted by Gasteiger charge is 2.11. The highest BCUT2D eigenvalue weighted by Crippen LogP contribution is 2.16. The topological polar surface area (TPSA) is 50.4 Å². The Kier molecular flexibility index (Phi) is 7.07. The normalized spacial score (nSPS) is 12.2. The molecule has 0 aliphatic rings. The molecule has 0 radical (unpaired) electrons. The van der Waals surface area contributed by atoms with E-state index >= 15 is 0 Å². The summed E-state index contributed by atoms with van der Waals surface area (Å²) >= 11 is 0. The van der Waals surface area contributed by atoms with Gasteiger partial charge in [0.15, 0.2) is 0 Å². The van der Waals surface area contributed by atoms with E-state index in [0.29, 0.717) is 13.0 Å². The molecule has 1 atom stereocenters. The molecule has 1 rings (SSSR count). The van der Waals surface area contributed by atoms with E-state index in [1.54, 1.807) is 19.2 Å². The van der Waals surface area contributed by atoms with Crippen molar-refractivity contribution in [1.29, 1.82) is 0 Å². The molecule has 1 amide bonds. The van der Waals surface area contributed by atoms with Crippen molar-refractivity contribution in [3.63, 3.8) is 0 Å². The summed E-state index contributed by atoms with van der Waals surface area (Å²) in [6, 6.07) is 6.10. The highest BCUT2D eigenvalue weighted by atomic mass is 19.1. The van der Waals surface area contributed by atoms with Gasteiger partial charge in [-0.1, -0.05) is 12.1 Å². The monoisotopic (exact) mass is 268 g/mol. The second-order valence-corrected chi connectivity index (χ2v) is 4.29. The van der Waals surface area contributed by atoms with Gasteiger partial charge in [-0.05, 0) is 37.7 Å². The Hall–Kier alpha value is -1.46. The molecule has 0 fully saturated rings. The molecular weight excluding hydrogens is 247 g/mol. The third-order valence-corrected chi connectivity index (χ3v) is 2.84. The number of carbonyl (C=O) groups excluding carboxylic acids is 1. The summed E-state index contributed by atoms with van der Waals surface area (Å²) in [6.45, 7) is 1.21. The zero-order valence-corrected chi connectivity index (χ0v) is 11.4. The van der Waals surface area contributed by atoms with Crippen molar-refractivity contribution in [2.75, 3.05) is 27.2 Å². The lowest BCUT2D eigenvalue weighted by Gasteiger charge is -2.16. The van der Waals surface area contributed by atoms with Gasteiger partial charge in [0.1, 0.15) is 5.82 Å². The summed E-state index contributed by atoms with van der Waals surface area (Å²) in [4.78, 5) is 11.6. The van der Waals surface area contributed by atoms with Crippen molar-refractivity contribution in [3.05, 3.63) is 35.6 Å². The Balaban J connectivity index is 2.40. The summed E-state index contributed by atoms with van der Waals surface area (Å²) < 4.78 is 18.1. The van der Waals surface area contributed by atoms with E-state index in [9.17, 15) is 9.18 Å². The van der Waals surface area contributed by atoms with Crippen LogP contribution in [0.4, 0.5) is 4.39 Å². The summed E-state index contributed by atoms with van der Waals surface area (Å²) in [5, 5.41) is 5.81. The maximum Gasteiger partial charge on any atom is 0.220 e. The van der Waals surface area contributed by atoms with Crippen LogP contribution in [0.2, 0.25) is 0 Å². The van der Waals surface area contributed by atoms with Gasteiger partial charge in [0.2, 0.25) is 5.91 Å². The average Bonchev–Trinajstić information content (AvgIpc) is 2.41. The molecule has 0 aromatic heterocycles. The number of benzene rings is 1. The van der Waals surface area contributed by atoms with Crippen molar-refractivity contribution in [2.45, 2.75) is 18.9 Å². The Morgan fingerprint density at radius 3 is 2.63 bits per heavy atom. The molecule has 4 nitrogen and oxygen atoms in total. The lowest BCUT2D eigenvalue weighted by atomic mass is 10.1. The Bertz CT molecular complexity index is 382. The van der Waals surface area contributed by atoms with Gasteiger partial charge < -0.3 is 15.4 Å². The molecule has 0 heterocycles. The van der Waals surface area contributed by atoms with Crippen LogP contribution < -0.4 is 10.6 Å². The molecule has 5 heteroatoms. The van der Waals surface area contributed by atoms with Crippen LogP contribution >= 0.6 is 0 Å². The number of nitrogens with one attached hydrogen (secondary N) is 2. The van der Waals surface area contributed by atoms with E-state index in [-0.39, 0.29) is 17.8 Å². The molecule has 0 aliphatic heterocycles. The lowest BCUT2D eigenvalue weighted by Crippen LogP contribution is -2.29. The van der Waals surface area contributed by atoms with Gasteiger partial charge in [-0.15, -0.1) is 0 Å². The minimum absolute atomic E-state index is 0.000545. The number of ether oxygens (including phenoxy) is 1. The molecule has 19 heavy (non-hydrogen) atoms. The van der Waals surface area contributed by atoms with E-state index in [2.05, 4.69) is 10.6 Å². The second-order valence-electron chi connectivity index (χ2n) is 4.29. The predicted octanol–water partition coefficient (Wildman–Crippen LogP) is 1.63. The van der Waals surface area contributed by atoms with E-state index < -0.39 is 0 Å². The quantitative estimate of drug-likeness (QED) is 0.705. The standard InChI is InChI=1S/C14H21FN2O2/c1-16-9-3-4-14(18)17-10-13(19-2)11-5-7-12(15)8-6-11/h5-8,13,16H,3-4,9-10H2,1-2H3,(H,17,18). The molecule has 2 N–H and O–H groups in total. The van der Waals surface area contributed by atoms with Gasteiger partial charge in [-0.25, -0.2) is 4.39 Å². The largest absolute Gasteiger partial charge is 0.375 e. The number of halogens is 1. The van der Waals surface area contributed by atoms with Crippen LogP contribution in [0.1, 0.15) is 24.5 Å². The van der Waals surface area contributed by atoms with Crippen molar-refractivity contribution in [1.82, 2.24) is 10.6 Å².